The molecule has 0 unspecified atom stereocenters. The van der Waals surface area contributed by atoms with E-state index in [4.69, 9.17) is 0 Å². The highest BCUT2D eigenvalue weighted by Gasteiger charge is 2.38. The van der Waals surface area contributed by atoms with Crippen molar-refractivity contribution < 1.29 is 8.42 Å². The number of pyridine rings is 1. The molecule has 3 aromatic heterocycles. The van der Waals surface area contributed by atoms with E-state index in [1.54, 1.807) is 40.9 Å². The molecule has 4 heterocycles. The Bertz CT molecular complexity index is 1270. The molecule has 0 spiro atoms. The van der Waals surface area contributed by atoms with Crippen molar-refractivity contribution in [1.29, 1.82) is 0 Å². The number of hydrogen-bond donors (Lipinski definition) is 0. The van der Waals surface area contributed by atoms with Crippen LogP contribution >= 0.6 is 0 Å². The minimum Gasteiger partial charge on any atom is -0.290 e. The summed E-state index contributed by atoms with van der Waals surface area (Å²) in [4.78, 5) is 18.0. The lowest BCUT2D eigenvalue weighted by molar-refractivity contribution is 0.442. The van der Waals surface area contributed by atoms with Gasteiger partial charge in [-0.2, -0.15) is 9.40 Å². The van der Waals surface area contributed by atoms with Crippen molar-refractivity contribution in [2.24, 2.45) is 13.0 Å². The number of fused-ring (bicyclic) bond motifs is 1. The largest absolute Gasteiger partial charge is 0.330 e. The van der Waals surface area contributed by atoms with Crippen molar-refractivity contribution in [3.05, 3.63) is 40.2 Å². The zero-order valence-corrected chi connectivity index (χ0v) is 18.8. The molecule has 3 aromatic rings. The fourth-order valence-electron chi connectivity index (χ4n) is 4.38. The topological polar surface area (TPSA) is 95.0 Å². The van der Waals surface area contributed by atoms with Crippen molar-refractivity contribution in [2.75, 3.05) is 13.1 Å². The Morgan fingerprint density at radius 3 is 2.63 bits per heavy atom. The van der Waals surface area contributed by atoms with Gasteiger partial charge in [0.2, 0.25) is 10.0 Å². The Hall–Kier alpha value is -2.46. The number of imidazole rings is 1. The molecule has 0 aromatic carbocycles. The normalized spacial score (nSPS) is 18.1. The van der Waals surface area contributed by atoms with E-state index in [1.807, 2.05) is 12.1 Å². The number of rotatable bonds is 5. The lowest BCUT2D eigenvalue weighted by Crippen LogP contribution is -2.33. The van der Waals surface area contributed by atoms with Gasteiger partial charge in [-0.05, 0) is 38.3 Å². The van der Waals surface area contributed by atoms with Crippen molar-refractivity contribution in [3.63, 3.8) is 0 Å². The lowest BCUT2D eigenvalue weighted by atomic mass is 10.2. The zero-order valence-electron chi connectivity index (χ0n) is 18.0. The fourth-order valence-corrected chi connectivity index (χ4v) is 6.27. The van der Waals surface area contributed by atoms with Gasteiger partial charge in [0, 0.05) is 32.9 Å². The molecule has 10 heteroatoms. The first-order valence-electron chi connectivity index (χ1n) is 10.2. The highest BCUT2D eigenvalue weighted by atomic mass is 32.2. The third-order valence-electron chi connectivity index (χ3n) is 5.80. The molecule has 0 radical (unpaired) electrons. The molecule has 30 heavy (non-hydrogen) atoms. The molecule has 0 bridgehead atoms. The van der Waals surface area contributed by atoms with Crippen LogP contribution in [0.2, 0.25) is 0 Å². The van der Waals surface area contributed by atoms with E-state index in [-0.39, 0.29) is 23.2 Å². The number of nitrogens with zero attached hydrogens (tertiary/aromatic N) is 6. The molecule has 162 valence electrons. The summed E-state index contributed by atoms with van der Waals surface area (Å²) >= 11 is 0. The Kier molecular flexibility index (Phi) is 5.09. The van der Waals surface area contributed by atoms with Crippen LogP contribution in [0.1, 0.15) is 37.7 Å². The summed E-state index contributed by atoms with van der Waals surface area (Å²) in [5, 5.41) is 4.25. The Morgan fingerprint density at radius 2 is 2.00 bits per heavy atom. The van der Waals surface area contributed by atoms with Crippen molar-refractivity contribution in [2.45, 2.75) is 51.6 Å². The monoisotopic (exact) mass is 432 g/mol. The van der Waals surface area contributed by atoms with Crippen molar-refractivity contribution in [1.82, 2.24) is 28.2 Å². The first-order valence-corrected chi connectivity index (χ1v) is 11.6. The van der Waals surface area contributed by atoms with E-state index in [0.29, 0.717) is 42.5 Å². The van der Waals surface area contributed by atoms with Gasteiger partial charge in [-0.3, -0.25) is 13.8 Å². The number of sulfonamides is 1. The first kappa shape index (κ1) is 20.8. The first-order chi connectivity index (χ1) is 14.1. The summed E-state index contributed by atoms with van der Waals surface area (Å²) in [5.74, 6) is 0.305. The van der Waals surface area contributed by atoms with Gasteiger partial charge in [-0.15, -0.1) is 0 Å². The van der Waals surface area contributed by atoms with Crippen LogP contribution in [0.4, 0.5) is 0 Å². The summed E-state index contributed by atoms with van der Waals surface area (Å²) in [6.45, 7) is 8.79. The quantitative estimate of drug-likeness (QED) is 0.613. The van der Waals surface area contributed by atoms with E-state index in [9.17, 15) is 13.2 Å². The Labute approximate surface area is 176 Å². The third kappa shape index (κ3) is 3.18. The van der Waals surface area contributed by atoms with Gasteiger partial charge < -0.3 is 0 Å². The predicted octanol–water partition coefficient (Wildman–Crippen LogP) is 1.84. The molecule has 9 nitrogen and oxygen atoms in total. The molecule has 1 saturated heterocycles. The maximum atomic E-state index is 13.3. The lowest BCUT2D eigenvalue weighted by Gasteiger charge is -2.17. The SMILES string of the molecule is Cc1nn(C)c(C)c1S(=O)(=O)N1CC[C@@H](n2c(=O)n(CC(C)C)c3cccnc32)C1. The van der Waals surface area contributed by atoms with Gasteiger partial charge in [0.25, 0.3) is 0 Å². The second kappa shape index (κ2) is 7.35. The minimum atomic E-state index is -3.69. The second-order valence-corrected chi connectivity index (χ2v) is 10.3. The van der Waals surface area contributed by atoms with Gasteiger partial charge in [0.15, 0.2) is 5.65 Å². The highest BCUT2D eigenvalue weighted by molar-refractivity contribution is 7.89. The number of aryl methyl sites for hydroxylation is 2. The van der Waals surface area contributed by atoms with Crippen LogP contribution in [0.3, 0.4) is 0 Å². The molecule has 0 amide bonds. The molecule has 1 aliphatic rings. The molecule has 1 aliphatic heterocycles. The molecule has 1 fully saturated rings. The van der Waals surface area contributed by atoms with Crippen LogP contribution in [-0.4, -0.2) is 49.7 Å². The smallest absolute Gasteiger partial charge is 0.290 e. The van der Waals surface area contributed by atoms with Crippen molar-refractivity contribution >= 4 is 21.2 Å². The van der Waals surface area contributed by atoms with E-state index >= 15 is 0 Å². The van der Waals surface area contributed by atoms with E-state index in [2.05, 4.69) is 23.9 Å². The predicted molar refractivity (Wildman–Crippen MR) is 114 cm³/mol. The van der Waals surface area contributed by atoms with E-state index < -0.39 is 10.0 Å². The Balaban J connectivity index is 1.73. The van der Waals surface area contributed by atoms with Crippen LogP contribution in [0.25, 0.3) is 11.2 Å². The molecule has 0 aliphatic carbocycles. The highest BCUT2D eigenvalue weighted by Crippen LogP contribution is 2.31. The molecule has 1 atom stereocenters. The summed E-state index contributed by atoms with van der Waals surface area (Å²) < 4.78 is 33.1. The summed E-state index contributed by atoms with van der Waals surface area (Å²) in [7, 11) is -1.95. The van der Waals surface area contributed by atoms with Crippen LogP contribution in [0.5, 0.6) is 0 Å². The van der Waals surface area contributed by atoms with Gasteiger partial charge in [-0.25, -0.2) is 18.2 Å². The fraction of sp³-hybridized carbons (Fsp3) is 0.550. The third-order valence-corrected chi connectivity index (χ3v) is 7.92. The average Bonchev–Trinajstić information content (AvgIpc) is 3.32. The van der Waals surface area contributed by atoms with Gasteiger partial charge >= 0.3 is 5.69 Å². The summed E-state index contributed by atoms with van der Waals surface area (Å²) in [6.07, 6.45) is 2.23. The van der Waals surface area contributed by atoms with Crippen LogP contribution in [-0.2, 0) is 23.6 Å². The number of aromatic nitrogens is 5. The summed E-state index contributed by atoms with van der Waals surface area (Å²) in [5.41, 5.74) is 2.38. The maximum absolute atomic E-state index is 13.3. The van der Waals surface area contributed by atoms with Crippen LogP contribution in [0, 0.1) is 19.8 Å². The number of hydrogen-bond acceptors (Lipinski definition) is 5. The molecule has 0 saturated carbocycles. The van der Waals surface area contributed by atoms with Gasteiger partial charge in [-0.1, -0.05) is 13.8 Å². The van der Waals surface area contributed by atoms with Crippen molar-refractivity contribution in [3.8, 4) is 0 Å². The van der Waals surface area contributed by atoms with Crippen LogP contribution < -0.4 is 5.69 Å². The molecule has 0 N–H and O–H groups in total. The standard InChI is InChI=1S/C20H28N6O3S/c1-13(2)11-25-17-7-6-9-21-19(17)26(20(25)27)16-8-10-24(12-16)30(28,29)18-14(3)22-23(5)15(18)4/h6-7,9,13,16H,8,10-12H2,1-5H3/t16-/m1/s1. The zero-order chi connectivity index (χ0) is 21.8. The second-order valence-electron chi connectivity index (χ2n) is 8.43. The minimum absolute atomic E-state index is 0.129. The van der Waals surface area contributed by atoms with E-state index in [1.165, 1.54) is 4.31 Å². The van der Waals surface area contributed by atoms with Gasteiger partial charge in [0.05, 0.1) is 22.9 Å². The summed E-state index contributed by atoms with van der Waals surface area (Å²) in [6, 6.07) is 3.46. The van der Waals surface area contributed by atoms with Gasteiger partial charge in [0.1, 0.15) is 4.90 Å². The molecule has 4 rings (SSSR count). The van der Waals surface area contributed by atoms with E-state index in [0.717, 1.165) is 5.52 Å². The van der Waals surface area contributed by atoms with Crippen LogP contribution in [0.15, 0.2) is 28.0 Å². The Morgan fingerprint density at radius 1 is 1.27 bits per heavy atom. The maximum Gasteiger partial charge on any atom is 0.330 e. The molecular formula is C20H28N6O3S. The average molecular weight is 433 g/mol. The molecular weight excluding hydrogens is 404 g/mol.